The molecule has 16 heavy (non-hydrogen) atoms. The predicted molar refractivity (Wildman–Crippen MR) is 71.5 cm³/mol. The summed E-state index contributed by atoms with van der Waals surface area (Å²) in [6.07, 6.45) is 1.01. The largest absolute Gasteiger partial charge is 0.343 e. The molecule has 0 atom stereocenters. The van der Waals surface area contributed by atoms with Crippen LogP contribution in [0, 0.1) is 10.6 Å². The Morgan fingerprint density at radius 3 is 2.50 bits per heavy atom. The molecule has 0 aliphatic heterocycles. The van der Waals surface area contributed by atoms with E-state index in [1.165, 1.54) is 5.69 Å². The summed E-state index contributed by atoms with van der Waals surface area (Å²) < 4.78 is 0.677. The van der Waals surface area contributed by atoms with Gasteiger partial charge in [-0.15, -0.1) is 0 Å². The number of hydrogen-bond donors (Lipinski definition) is 1. The topological polar surface area (TPSA) is 31.9 Å². The first kappa shape index (κ1) is 13.2. The van der Waals surface area contributed by atoms with E-state index in [2.05, 4.69) is 42.6 Å². The van der Waals surface area contributed by atoms with Crippen LogP contribution >= 0.6 is 12.2 Å². The molecule has 0 unspecified atom stereocenters. The number of nitrogens with one attached hydrogen (secondary N) is 1. The van der Waals surface area contributed by atoms with Gasteiger partial charge >= 0.3 is 0 Å². The van der Waals surface area contributed by atoms with E-state index in [1.807, 2.05) is 6.07 Å². The van der Waals surface area contributed by atoms with Gasteiger partial charge in [-0.2, -0.15) is 0 Å². The highest BCUT2D eigenvalue weighted by atomic mass is 32.1. The Morgan fingerprint density at radius 2 is 2.00 bits per heavy atom. The summed E-state index contributed by atoms with van der Waals surface area (Å²) in [4.78, 5) is 9.92. The van der Waals surface area contributed by atoms with Crippen molar-refractivity contribution in [1.29, 1.82) is 0 Å². The quantitative estimate of drug-likeness (QED) is 0.801. The Kier molecular flexibility index (Phi) is 4.93. The normalized spacial score (nSPS) is 10.8. The van der Waals surface area contributed by atoms with Gasteiger partial charge in [-0.1, -0.05) is 26.1 Å². The molecule has 0 radical (unpaired) electrons. The molecule has 0 saturated carbocycles. The second-order valence-corrected chi connectivity index (χ2v) is 4.76. The number of aromatic nitrogens is 2. The lowest BCUT2D eigenvalue weighted by atomic mass is 10.1. The first-order chi connectivity index (χ1) is 7.56. The molecular formula is C12H21N3S. The average Bonchev–Trinajstić information content (AvgIpc) is 2.17. The van der Waals surface area contributed by atoms with Gasteiger partial charge in [0, 0.05) is 18.8 Å². The smallest absolute Gasteiger partial charge is 0.204 e. The molecule has 0 saturated heterocycles. The van der Waals surface area contributed by atoms with E-state index in [9.17, 15) is 0 Å². The fourth-order valence-corrected chi connectivity index (χ4v) is 1.94. The van der Waals surface area contributed by atoms with E-state index in [-0.39, 0.29) is 0 Å². The Hall–Kier alpha value is -0.900. The summed E-state index contributed by atoms with van der Waals surface area (Å²) in [6, 6.07) is 1.96. The van der Waals surface area contributed by atoms with Crippen LogP contribution in [0.1, 0.15) is 33.4 Å². The minimum absolute atomic E-state index is 0.623. The summed E-state index contributed by atoms with van der Waals surface area (Å²) in [5, 5.41) is 0. The highest BCUT2D eigenvalue weighted by Crippen LogP contribution is 2.11. The summed E-state index contributed by atoms with van der Waals surface area (Å²) in [6.45, 7) is 10.5. The van der Waals surface area contributed by atoms with Gasteiger partial charge in [0.05, 0.1) is 0 Å². The molecule has 0 aromatic carbocycles. The van der Waals surface area contributed by atoms with E-state index in [4.69, 9.17) is 12.2 Å². The maximum atomic E-state index is 5.20. The highest BCUT2D eigenvalue weighted by Gasteiger charge is 2.06. The average molecular weight is 239 g/mol. The van der Waals surface area contributed by atoms with Crippen LogP contribution in [0.4, 0.5) is 5.95 Å². The Labute approximate surface area is 103 Å². The molecule has 0 fully saturated rings. The van der Waals surface area contributed by atoms with Gasteiger partial charge in [0.1, 0.15) is 4.64 Å². The number of anilines is 1. The van der Waals surface area contributed by atoms with Crippen molar-refractivity contribution in [2.24, 2.45) is 5.92 Å². The molecule has 3 nitrogen and oxygen atoms in total. The lowest BCUT2D eigenvalue weighted by Crippen LogP contribution is -2.24. The summed E-state index contributed by atoms with van der Waals surface area (Å²) in [5.41, 5.74) is 1.18. The molecule has 1 rings (SSSR count). The monoisotopic (exact) mass is 239 g/mol. The number of H-pyrrole nitrogens is 1. The third-order valence-electron chi connectivity index (χ3n) is 2.48. The zero-order chi connectivity index (χ0) is 12.1. The van der Waals surface area contributed by atoms with Crippen molar-refractivity contribution in [2.75, 3.05) is 18.0 Å². The molecule has 0 amide bonds. The maximum absolute atomic E-state index is 5.20. The third-order valence-corrected chi connectivity index (χ3v) is 2.69. The van der Waals surface area contributed by atoms with Crippen LogP contribution in [0.2, 0.25) is 0 Å². The van der Waals surface area contributed by atoms with Crippen LogP contribution in [0.25, 0.3) is 0 Å². The van der Waals surface area contributed by atoms with Gasteiger partial charge in [-0.25, -0.2) is 4.98 Å². The fraction of sp³-hybridized carbons (Fsp3) is 0.667. The Bertz CT molecular complexity index is 380. The van der Waals surface area contributed by atoms with Crippen molar-refractivity contribution in [1.82, 2.24) is 9.97 Å². The van der Waals surface area contributed by atoms with E-state index < -0.39 is 0 Å². The molecule has 1 aromatic rings. The number of aromatic amines is 1. The SMILES string of the molecule is CCN(CC)c1nc(=S)cc(CC(C)C)[nH]1. The molecule has 4 heteroatoms. The molecule has 0 spiro atoms. The lowest BCUT2D eigenvalue weighted by Gasteiger charge is -2.20. The third kappa shape index (κ3) is 3.59. The summed E-state index contributed by atoms with van der Waals surface area (Å²) >= 11 is 5.20. The number of nitrogens with zero attached hydrogens (tertiary/aromatic N) is 2. The van der Waals surface area contributed by atoms with Crippen LogP contribution in [-0.4, -0.2) is 23.1 Å². The van der Waals surface area contributed by atoms with Gasteiger partial charge in [0.2, 0.25) is 5.95 Å². The maximum Gasteiger partial charge on any atom is 0.204 e. The van der Waals surface area contributed by atoms with Gasteiger partial charge in [-0.3, -0.25) is 0 Å². The van der Waals surface area contributed by atoms with Gasteiger partial charge < -0.3 is 9.88 Å². The fourth-order valence-electron chi connectivity index (χ4n) is 1.72. The van der Waals surface area contributed by atoms with Crippen LogP contribution in [0.3, 0.4) is 0 Å². The molecule has 1 aromatic heterocycles. The molecule has 1 heterocycles. The van der Waals surface area contributed by atoms with E-state index in [0.29, 0.717) is 10.6 Å². The van der Waals surface area contributed by atoms with Crippen LogP contribution < -0.4 is 4.90 Å². The number of hydrogen-bond acceptors (Lipinski definition) is 3. The summed E-state index contributed by atoms with van der Waals surface area (Å²) in [5.74, 6) is 1.52. The van der Waals surface area contributed by atoms with Gasteiger partial charge in [0.25, 0.3) is 0 Å². The second-order valence-electron chi connectivity index (χ2n) is 4.34. The van der Waals surface area contributed by atoms with Crippen LogP contribution in [0.15, 0.2) is 6.07 Å². The van der Waals surface area contributed by atoms with E-state index in [0.717, 1.165) is 25.5 Å². The first-order valence-electron chi connectivity index (χ1n) is 5.92. The second kappa shape index (κ2) is 5.99. The molecule has 0 aliphatic rings. The molecule has 0 aliphatic carbocycles. The molecular weight excluding hydrogens is 218 g/mol. The zero-order valence-corrected chi connectivity index (χ0v) is 11.4. The Morgan fingerprint density at radius 1 is 1.38 bits per heavy atom. The van der Waals surface area contributed by atoms with Crippen molar-refractivity contribution in [3.05, 3.63) is 16.4 Å². The van der Waals surface area contributed by atoms with Gasteiger partial charge in [-0.05, 0) is 32.3 Å². The molecule has 90 valence electrons. The van der Waals surface area contributed by atoms with E-state index in [1.54, 1.807) is 0 Å². The molecule has 0 bridgehead atoms. The van der Waals surface area contributed by atoms with Crippen molar-refractivity contribution < 1.29 is 0 Å². The predicted octanol–water partition coefficient (Wildman–Crippen LogP) is 3.18. The van der Waals surface area contributed by atoms with Crippen molar-refractivity contribution in [3.8, 4) is 0 Å². The Balaban J connectivity index is 3.02. The van der Waals surface area contributed by atoms with Crippen molar-refractivity contribution >= 4 is 18.2 Å². The van der Waals surface area contributed by atoms with Gasteiger partial charge in [0.15, 0.2) is 0 Å². The minimum atomic E-state index is 0.623. The minimum Gasteiger partial charge on any atom is -0.343 e. The van der Waals surface area contributed by atoms with Crippen LogP contribution in [-0.2, 0) is 6.42 Å². The number of rotatable bonds is 5. The lowest BCUT2D eigenvalue weighted by molar-refractivity contribution is 0.632. The van der Waals surface area contributed by atoms with Crippen LogP contribution in [0.5, 0.6) is 0 Å². The van der Waals surface area contributed by atoms with Crippen molar-refractivity contribution in [3.63, 3.8) is 0 Å². The van der Waals surface area contributed by atoms with Crippen molar-refractivity contribution in [2.45, 2.75) is 34.1 Å². The highest BCUT2D eigenvalue weighted by molar-refractivity contribution is 7.71. The van der Waals surface area contributed by atoms with E-state index >= 15 is 0 Å². The standard InChI is InChI=1S/C12H21N3S/c1-5-15(6-2)12-13-10(7-9(3)4)8-11(16)14-12/h8-9H,5-7H2,1-4H3,(H,13,14,16). The zero-order valence-electron chi connectivity index (χ0n) is 10.6. The molecule has 1 N–H and O–H groups in total. The summed E-state index contributed by atoms with van der Waals surface area (Å²) in [7, 11) is 0. The first-order valence-corrected chi connectivity index (χ1v) is 6.32.